The van der Waals surface area contributed by atoms with Gasteiger partial charge >= 0.3 is 0 Å². The molecule has 0 bridgehead atoms. The monoisotopic (exact) mass is 403 g/mol. The SMILES string of the molecule is CCN1C(=O)c2cc(C(=O)NCCC(C)C)nn2C[C@]1(C)C(=O)NC1CCCC1. The first kappa shape index (κ1) is 21.3. The van der Waals surface area contributed by atoms with Crippen LogP contribution in [-0.4, -0.2) is 57.1 Å². The molecule has 0 radical (unpaired) electrons. The zero-order valence-corrected chi connectivity index (χ0v) is 18.0. The first-order valence-corrected chi connectivity index (χ1v) is 10.7. The molecular formula is C21H33N5O3. The Kier molecular flexibility index (Phi) is 6.29. The van der Waals surface area contributed by atoms with E-state index in [0.717, 1.165) is 32.1 Å². The van der Waals surface area contributed by atoms with Crippen molar-refractivity contribution >= 4 is 17.7 Å². The van der Waals surface area contributed by atoms with E-state index in [2.05, 4.69) is 29.6 Å². The Bertz CT molecular complexity index is 781. The summed E-state index contributed by atoms with van der Waals surface area (Å²) in [7, 11) is 0. The van der Waals surface area contributed by atoms with Crippen LogP contribution in [0.5, 0.6) is 0 Å². The van der Waals surface area contributed by atoms with E-state index in [1.54, 1.807) is 11.8 Å². The molecule has 29 heavy (non-hydrogen) atoms. The first-order chi connectivity index (χ1) is 13.8. The summed E-state index contributed by atoms with van der Waals surface area (Å²) in [6, 6.07) is 1.71. The van der Waals surface area contributed by atoms with Gasteiger partial charge in [-0.25, -0.2) is 0 Å². The summed E-state index contributed by atoms with van der Waals surface area (Å²) in [5, 5.41) is 10.3. The Morgan fingerprint density at radius 1 is 1.31 bits per heavy atom. The molecule has 0 spiro atoms. The molecule has 1 saturated carbocycles. The summed E-state index contributed by atoms with van der Waals surface area (Å²) in [4.78, 5) is 40.2. The minimum absolute atomic E-state index is 0.149. The molecule has 1 fully saturated rings. The predicted molar refractivity (Wildman–Crippen MR) is 110 cm³/mol. The minimum Gasteiger partial charge on any atom is -0.351 e. The third-order valence-corrected chi connectivity index (χ3v) is 6.03. The minimum atomic E-state index is -1.03. The third-order valence-electron chi connectivity index (χ3n) is 6.03. The summed E-state index contributed by atoms with van der Waals surface area (Å²) in [5.74, 6) is -0.218. The third kappa shape index (κ3) is 4.31. The molecule has 1 aliphatic carbocycles. The number of nitrogens with one attached hydrogen (secondary N) is 2. The Hall–Kier alpha value is -2.38. The quantitative estimate of drug-likeness (QED) is 0.727. The highest BCUT2D eigenvalue weighted by Crippen LogP contribution is 2.28. The molecule has 0 saturated heterocycles. The van der Waals surface area contributed by atoms with E-state index in [9.17, 15) is 14.4 Å². The molecule has 160 valence electrons. The Morgan fingerprint density at radius 2 is 2.00 bits per heavy atom. The standard InChI is InChI=1S/C21H33N5O3/c1-5-25-19(28)17-12-16(18(27)22-11-10-14(2)3)24-26(17)13-21(25,4)20(29)23-15-8-6-7-9-15/h12,14-15H,5-11,13H2,1-4H3,(H,22,27)(H,23,29)/t21-/m1/s1. The van der Waals surface area contributed by atoms with Gasteiger partial charge in [0.15, 0.2) is 5.69 Å². The van der Waals surface area contributed by atoms with Gasteiger partial charge in [-0.15, -0.1) is 0 Å². The average Bonchev–Trinajstić information content (AvgIpc) is 3.31. The normalized spacial score (nSPS) is 22.1. The summed E-state index contributed by atoms with van der Waals surface area (Å²) in [6.45, 7) is 9.05. The fourth-order valence-corrected chi connectivity index (χ4v) is 4.22. The highest BCUT2D eigenvalue weighted by Gasteiger charge is 2.48. The van der Waals surface area contributed by atoms with Gasteiger partial charge in [-0.3, -0.25) is 19.1 Å². The van der Waals surface area contributed by atoms with E-state index >= 15 is 0 Å². The summed E-state index contributed by atoms with van der Waals surface area (Å²) >= 11 is 0. The number of nitrogens with zero attached hydrogens (tertiary/aromatic N) is 3. The van der Waals surface area contributed by atoms with Crippen LogP contribution in [-0.2, 0) is 11.3 Å². The number of likely N-dealkylation sites (N-methyl/N-ethyl adjacent to an activating group) is 1. The smallest absolute Gasteiger partial charge is 0.273 e. The number of carbonyl (C=O) groups excluding carboxylic acids is 3. The highest BCUT2D eigenvalue weighted by molar-refractivity contribution is 6.01. The molecule has 0 aromatic carbocycles. The molecule has 2 aliphatic rings. The number of hydrogen-bond acceptors (Lipinski definition) is 4. The number of fused-ring (bicyclic) bond motifs is 1. The predicted octanol–water partition coefficient (Wildman–Crippen LogP) is 1.95. The summed E-state index contributed by atoms with van der Waals surface area (Å²) in [6.07, 6.45) is 5.08. The van der Waals surface area contributed by atoms with E-state index in [1.807, 2.05) is 6.92 Å². The molecule has 8 heteroatoms. The van der Waals surface area contributed by atoms with Crippen molar-refractivity contribution < 1.29 is 14.4 Å². The maximum atomic E-state index is 13.1. The molecular weight excluding hydrogens is 370 g/mol. The van der Waals surface area contributed by atoms with Crippen LogP contribution in [0.2, 0.25) is 0 Å². The topological polar surface area (TPSA) is 96.3 Å². The zero-order chi connectivity index (χ0) is 21.2. The van der Waals surface area contributed by atoms with Crippen LogP contribution in [0.25, 0.3) is 0 Å². The number of rotatable bonds is 7. The van der Waals surface area contributed by atoms with Crippen molar-refractivity contribution in [1.82, 2.24) is 25.3 Å². The van der Waals surface area contributed by atoms with Gasteiger partial charge in [0.1, 0.15) is 11.2 Å². The van der Waals surface area contributed by atoms with Gasteiger partial charge in [0.2, 0.25) is 5.91 Å². The number of amides is 3. The van der Waals surface area contributed by atoms with Gasteiger partial charge in [0.25, 0.3) is 11.8 Å². The first-order valence-electron chi connectivity index (χ1n) is 10.7. The van der Waals surface area contributed by atoms with Gasteiger partial charge in [0.05, 0.1) is 6.54 Å². The number of aromatic nitrogens is 2. The van der Waals surface area contributed by atoms with Crippen LogP contribution >= 0.6 is 0 Å². The van der Waals surface area contributed by atoms with E-state index in [-0.39, 0.29) is 36.0 Å². The molecule has 2 heterocycles. The second kappa shape index (κ2) is 8.55. The lowest BCUT2D eigenvalue weighted by molar-refractivity contribution is -0.133. The Balaban J connectivity index is 1.79. The molecule has 1 atom stereocenters. The zero-order valence-electron chi connectivity index (χ0n) is 18.0. The van der Waals surface area contributed by atoms with Crippen LogP contribution in [0, 0.1) is 5.92 Å². The van der Waals surface area contributed by atoms with Crippen molar-refractivity contribution in [2.45, 2.75) is 77.9 Å². The Labute approximate surface area is 172 Å². The van der Waals surface area contributed by atoms with Crippen molar-refractivity contribution in [2.75, 3.05) is 13.1 Å². The lowest BCUT2D eigenvalue weighted by Crippen LogP contribution is -2.64. The number of hydrogen-bond donors (Lipinski definition) is 2. The van der Waals surface area contributed by atoms with Gasteiger partial charge in [-0.1, -0.05) is 26.7 Å². The van der Waals surface area contributed by atoms with Crippen molar-refractivity contribution in [3.05, 3.63) is 17.5 Å². The van der Waals surface area contributed by atoms with Crippen molar-refractivity contribution in [1.29, 1.82) is 0 Å². The molecule has 3 rings (SSSR count). The molecule has 3 amide bonds. The molecule has 8 nitrogen and oxygen atoms in total. The van der Waals surface area contributed by atoms with Crippen molar-refractivity contribution in [3.63, 3.8) is 0 Å². The van der Waals surface area contributed by atoms with E-state index in [4.69, 9.17) is 0 Å². The van der Waals surface area contributed by atoms with Crippen LogP contribution in [0.4, 0.5) is 0 Å². The summed E-state index contributed by atoms with van der Waals surface area (Å²) < 4.78 is 1.51. The maximum absolute atomic E-state index is 13.1. The van der Waals surface area contributed by atoms with E-state index in [0.29, 0.717) is 24.7 Å². The fraction of sp³-hybridized carbons (Fsp3) is 0.714. The Morgan fingerprint density at radius 3 is 2.62 bits per heavy atom. The second-order valence-corrected chi connectivity index (χ2v) is 8.79. The fourth-order valence-electron chi connectivity index (χ4n) is 4.22. The van der Waals surface area contributed by atoms with Gasteiger partial charge in [-0.05, 0) is 39.0 Å². The van der Waals surface area contributed by atoms with Crippen LogP contribution in [0.1, 0.15) is 80.8 Å². The molecule has 1 aromatic rings. The van der Waals surface area contributed by atoms with E-state index in [1.165, 1.54) is 10.7 Å². The largest absolute Gasteiger partial charge is 0.351 e. The van der Waals surface area contributed by atoms with Crippen LogP contribution < -0.4 is 10.6 Å². The van der Waals surface area contributed by atoms with Gasteiger partial charge in [0, 0.05) is 25.2 Å². The molecule has 0 unspecified atom stereocenters. The van der Waals surface area contributed by atoms with Crippen LogP contribution in [0.15, 0.2) is 6.07 Å². The van der Waals surface area contributed by atoms with E-state index < -0.39 is 5.54 Å². The van der Waals surface area contributed by atoms with Crippen molar-refractivity contribution in [3.8, 4) is 0 Å². The lowest BCUT2D eigenvalue weighted by atomic mass is 9.94. The van der Waals surface area contributed by atoms with Gasteiger partial charge < -0.3 is 15.5 Å². The van der Waals surface area contributed by atoms with Gasteiger partial charge in [-0.2, -0.15) is 5.10 Å². The maximum Gasteiger partial charge on any atom is 0.273 e. The van der Waals surface area contributed by atoms with Crippen LogP contribution in [0.3, 0.4) is 0 Å². The molecule has 1 aliphatic heterocycles. The number of carbonyl (C=O) groups is 3. The second-order valence-electron chi connectivity index (χ2n) is 8.79. The lowest BCUT2D eigenvalue weighted by Gasteiger charge is -2.43. The van der Waals surface area contributed by atoms with Crippen molar-refractivity contribution in [2.24, 2.45) is 5.92 Å². The molecule has 1 aromatic heterocycles. The summed E-state index contributed by atoms with van der Waals surface area (Å²) in [5.41, 5.74) is -0.459. The average molecular weight is 404 g/mol. The highest BCUT2D eigenvalue weighted by atomic mass is 16.2. The molecule has 2 N–H and O–H groups in total.